The van der Waals surface area contributed by atoms with Crippen LogP contribution < -0.4 is 4.90 Å². The first-order valence-electron chi connectivity index (χ1n) is 5.58. The fraction of sp³-hybridized carbons (Fsp3) is 0.333. The fourth-order valence-electron chi connectivity index (χ4n) is 2.23. The maximum atomic E-state index is 11.8. The Morgan fingerprint density at radius 1 is 1.53 bits per heavy atom. The van der Waals surface area contributed by atoms with Crippen molar-refractivity contribution in [1.29, 1.82) is 0 Å². The standard InChI is InChI=1S/C12H13N3OS/c1-7-10-4-8(2-3-11(10)14-13-7)15-6-9(17)5-12(15)16/h2-4,9,17H,5-6H2,1H3,(H,13,14). The molecule has 0 spiro atoms. The number of rotatable bonds is 1. The number of benzene rings is 1. The lowest BCUT2D eigenvalue weighted by molar-refractivity contribution is -0.117. The number of aryl methyl sites for hydroxylation is 1. The van der Waals surface area contributed by atoms with Gasteiger partial charge in [-0.1, -0.05) is 0 Å². The Labute approximate surface area is 104 Å². The molecule has 1 saturated heterocycles. The molecule has 1 aromatic carbocycles. The fourth-order valence-corrected chi connectivity index (χ4v) is 2.55. The molecule has 1 atom stereocenters. The van der Waals surface area contributed by atoms with Crippen molar-refractivity contribution in [3.8, 4) is 0 Å². The van der Waals surface area contributed by atoms with Crippen LogP contribution in [0.2, 0.25) is 0 Å². The molecule has 4 nitrogen and oxygen atoms in total. The highest BCUT2D eigenvalue weighted by molar-refractivity contribution is 7.81. The molecule has 1 aromatic heterocycles. The van der Waals surface area contributed by atoms with Gasteiger partial charge in [0.25, 0.3) is 0 Å². The van der Waals surface area contributed by atoms with Crippen LogP contribution >= 0.6 is 12.6 Å². The predicted octanol–water partition coefficient (Wildman–Crippen LogP) is 1.91. The van der Waals surface area contributed by atoms with Gasteiger partial charge in [-0.15, -0.1) is 0 Å². The van der Waals surface area contributed by atoms with E-state index in [1.54, 1.807) is 4.90 Å². The van der Waals surface area contributed by atoms with Gasteiger partial charge in [0.05, 0.1) is 5.52 Å². The van der Waals surface area contributed by atoms with Crippen LogP contribution in [0.15, 0.2) is 18.2 Å². The topological polar surface area (TPSA) is 49.0 Å². The summed E-state index contributed by atoms with van der Waals surface area (Å²) in [6, 6.07) is 5.89. The second kappa shape index (κ2) is 3.77. The number of carbonyl (C=O) groups is 1. The first kappa shape index (κ1) is 10.7. The number of fused-ring (bicyclic) bond motifs is 1. The number of nitrogens with zero attached hydrogens (tertiary/aromatic N) is 2. The minimum Gasteiger partial charge on any atom is -0.311 e. The van der Waals surface area contributed by atoms with E-state index in [0.717, 1.165) is 22.3 Å². The molecular formula is C12H13N3OS. The van der Waals surface area contributed by atoms with Crippen molar-refractivity contribution in [2.24, 2.45) is 0 Å². The first-order valence-corrected chi connectivity index (χ1v) is 6.10. The lowest BCUT2D eigenvalue weighted by Crippen LogP contribution is -2.24. The van der Waals surface area contributed by atoms with E-state index in [1.807, 2.05) is 25.1 Å². The zero-order valence-corrected chi connectivity index (χ0v) is 10.4. The van der Waals surface area contributed by atoms with Gasteiger partial charge in [-0.25, -0.2) is 0 Å². The van der Waals surface area contributed by atoms with E-state index >= 15 is 0 Å². The molecule has 0 saturated carbocycles. The van der Waals surface area contributed by atoms with Gasteiger partial charge >= 0.3 is 0 Å². The van der Waals surface area contributed by atoms with E-state index in [2.05, 4.69) is 22.8 Å². The molecule has 1 amide bonds. The highest BCUT2D eigenvalue weighted by Gasteiger charge is 2.28. The number of carbonyl (C=O) groups excluding carboxylic acids is 1. The zero-order chi connectivity index (χ0) is 12.0. The number of anilines is 1. The van der Waals surface area contributed by atoms with Gasteiger partial charge in [-0.2, -0.15) is 17.7 Å². The molecule has 0 bridgehead atoms. The van der Waals surface area contributed by atoms with Gasteiger partial charge in [-0.05, 0) is 25.1 Å². The summed E-state index contributed by atoms with van der Waals surface area (Å²) >= 11 is 4.36. The van der Waals surface area contributed by atoms with Crippen molar-refractivity contribution in [1.82, 2.24) is 10.2 Å². The summed E-state index contributed by atoms with van der Waals surface area (Å²) in [6.07, 6.45) is 0.519. The molecule has 1 N–H and O–H groups in total. The molecule has 1 aliphatic heterocycles. The van der Waals surface area contributed by atoms with E-state index in [-0.39, 0.29) is 11.2 Å². The average molecular weight is 247 g/mol. The Kier molecular flexibility index (Phi) is 2.36. The molecule has 0 radical (unpaired) electrons. The molecule has 2 heterocycles. The minimum absolute atomic E-state index is 0.142. The Balaban J connectivity index is 2.06. The Morgan fingerprint density at radius 3 is 3.06 bits per heavy atom. The molecule has 5 heteroatoms. The van der Waals surface area contributed by atoms with Crippen LogP contribution in [-0.2, 0) is 4.79 Å². The Bertz CT molecular complexity index is 592. The van der Waals surface area contributed by atoms with E-state index < -0.39 is 0 Å². The molecule has 88 valence electrons. The molecule has 0 aliphatic carbocycles. The molecule has 1 aliphatic rings. The molecule has 17 heavy (non-hydrogen) atoms. The van der Waals surface area contributed by atoms with Gasteiger partial charge in [0.2, 0.25) is 5.91 Å². The minimum atomic E-state index is 0.142. The quantitative estimate of drug-likeness (QED) is 0.756. The van der Waals surface area contributed by atoms with Crippen molar-refractivity contribution in [2.45, 2.75) is 18.6 Å². The number of nitrogens with one attached hydrogen (secondary N) is 1. The van der Waals surface area contributed by atoms with Crippen molar-refractivity contribution in [3.05, 3.63) is 23.9 Å². The predicted molar refractivity (Wildman–Crippen MR) is 70.6 cm³/mol. The maximum absolute atomic E-state index is 11.8. The highest BCUT2D eigenvalue weighted by Crippen LogP contribution is 2.27. The summed E-state index contributed by atoms with van der Waals surface area (Å²) in [4.78, 5) is 13.6. The van der Waals surface area contributed by atoms with Gasteiger partial charge in [-0.3, -0.25) is 9.89 Å². The smallest absolute Gasteiger partial charge is 0.228 e. The van der Waals surface area contributed by atoms with Gasteiger partial charge in [0.1, 0.15) is 0 Å². The second-order valence-electron chi connectivity index (χ2n) is 4.41. The summed E-state index contributed by atoms with van der Waals surface area (Å²) in [7, 11) is 0. The maximum Gasteiger partial charge on any atom is 0.228 e. The van der Waals surface area contributed by atoms with Crippen LogP contribution in [0.1, 0.15) is 12.1 Å². The lowest BCUT2D eigenvalue weighted by Gasteiger charge is -2.15. The van der Waals surface area contributed by atoms with Crippen LogP contribution in [0, 0.1) is 6.92 Å². The monoisotopic (exact) mass is 247 g/mol. The van der Waals surface area contributed by atoms with E-state index in [4.69, 9.17) is 0 Å². The van der Waals surface area contributed by atoms with E-state index in [9.17, 15) is 4.79 Å². The van der Waals surface area contributed by atoms with Crippen LogP contribution in [0.25, 0.3) is 10.9 Å². The van der Waals surface area contributed by atoms with E-state index in [0.29, 0.717) is 13.0 Å². The number of hydrogen-bond donors (Lipinski definition) is 2. The third-order valence-corrected chi connectivity index (χ3v) is 3.49. The number of amides is 1. The van der Waals surface area contributed by atoms with E-state index in [1.165, 1.54) is 0 Å². The van der Waals surface area contributed by atoms with Crippen molar-refractivity contribution < 1.29 is 4.79 Å². The summed E-state index contributed by atoms with van der Waals surface area (Å²) < 4.78 is 0. The largest absolute Gasteiger partial charge is 0.311 e. The van der Waals surface area contributed by atoms with Crippen molar-refractivity contribution >= 4 is 35.1 Å². The highest BCUT2D eigenvalue weighted by atomic mass is 32.1. The first-order chi connectivity index (χ1) is 8.15. The van der Waals surface area contributed by atoms with Crippen LogP contribution in [0.5, 0.6) is 0 Å². The Hall–Kier alpha value is -1.49. The number of thiol groups is 1. The molecule has 2 aromatic rings. The second-order valence-corrected chi connectivity index (χ2v) is 5.14. The number of aromatic nitrogens is 2. The third kappa shape index (κ3) is 1.70. The molecule has 1 unspecified atom stereocenters. The van der Waals surface area contributed by atoms with Crippen LogP contribution in [-0.4, -0.2) is 27.9 Å². The lowest BCUT2D eigenvalue weighted by atomic mass is 10.2. The number of hydrogen-bond acceptors (Lipinski definition) is 3. The summed E-state index contributed by atoms with van der Waals surface area (Å²) in [5.74, 6) is 0.144. The van der Waals surface area contributed by atoms with Crippen molar-refractivity contribution in [3.63, 3.8) is 0 Å². The summed E-state index contributed by atoms with van der Waals surface area (Å²) in [5.41, 5.74) is 2.89. The number of H-pyrrole nitrogens is 1. The average Bonchev–Trinajstić information content (AvgIpc) is 2.83. The summed E-state index contributed by atoms with van der Waals surface area (Å²) in [6.45, 7) is 2.66. The molecule has 3 rings (SSSR count). The third-order valence-electron chi connectivity index (χ3n) is 3.14. The van der Waals surface area contributed by atoms with Crippen molar-refractivity contribution in [2.75, 3.05) is 11.4 Å². The van der Waals surface area contributed by atoms with Gasteiger partial charge in [0.15, 0.2) is 0 Å². The zero-order valence-electron chi connectivity index (χ0n) is 9.47. The normalized spacial score (nSPS) is 20.5. The Morgan fingerprint density at radius 2 is 2.35 bits per heavy atom. The van der Waals surface area contributed by atoms with Gasteiger partial charge < -0.3 is 4.90 Å². The van der Waals surface area contributed by atoms with Crippen LogP contribution in [0.3, 0.4) is 0 Å². The SMILES string of the molecule is Cc1[nH]nc2ccc(N3CC(S)CC3=O)cc12. The van der Waals surface area contributed by atoms with Gasteiger partial charge in [0, 0.05) is 35.0 Å². The van der Waals surface area contributed by atoms with Crippen LogP contribution in [0.4, 0.5) is 5.69 Å². The molecule has 1 fully saturated rings. The number of aromatic amines is 1. The summed E-state index contributed by atoms with van der Waals surface area (Å²) in [5, 5.41) is 8.33. The molecular weight excluding hydrogens is 234 g/mol.